The van der Waals surface area contributed by atoms with Crippen LogP contribution >= 0.6 is 0 Å². The number of rotatable bonds is 0. The standard InChI is InChI=1S/C6H13BO2/c1-4-5(7)2-3-6(8)9-4/h4-6,8H,2-3,7H2,1H3. The van der Waals surface area contributed by atoms with E-state index in [-0.39, 0.29) is 6.10 Å². The molecule has 0 amide bonds. The van der Waals surface area contributed by atoms with E-state index in [1.807, 2.05) is 6.92 Å². The number of aliphatic hydroxyl groups is 1. The summed E-state index contributed by atoms with van der Waals surface area (Å²) in [6.07, 6.45) is 1.61. The fraction of sp³-hybridized carbons (Fsp3) is 1.00. The molecule has 1 aliphatic heterocycles. The van der Waals surface area contributed by atoms with Gasteiger partial charge in [0.2, 0.25) is 0 Å². The van der Waals surface area contributed by atoms with Crippen molar-refractivity contribution in [2.75, 3.05) is 0 Å². The second-order valence-corrected chi connectivity index (χ2v) is 2.85. The van der Waals surface area contributed by atoms with E-state index in [0.717, 1.165) is 12.8 Å². The Kier molecular flexibility index (Phi) is 2.14. The van der Waals surface area contributed by atoms with Gasteiger partial charge in [0.25, 0.3) is 0 Å². The maximum Gasteiger partial charge on any atom is 0.154 e. The SMILES string of the molecule is BC1CCC(O)OC1C. The highest BCUT2D eigenvalue weighted by atomic mass is 16.6. The summed E-state index contributed by atoms with van der Waals surface area (Å²) in [5.74, 6) is 0.605. The lowest BCUT2D eigenvalue weighted by molar-refractivity contribution is -0.155. The monoisotopic (exact) mass is 128 g/mol. The van der Waals surface area contributed by atoms with Crippen LogP contribution in [-0.4, -0.2) is 25.3 Å². The molecule has 9 heavy (non-hydrogen) atoms. The molecule has 3 unspecified atom stereocenters. The Morgan fingerprint density at radius 2 is 2.22 bits per heavy atom. The van der Waals surface area contributed by atoms with Crippen molar-refractivity contribution in [3.05, 3.63) is 0 Å². The molecule has 2 nitrogen and oxygen atoms in total. The number of ether oxygens (including phenoxy) is 1. The average Bonchev–Trinajstić information content (AvgIpc) is 1.80. The molecule has 1 saturated heterocycles. The molecule has 1 heterocycles. The Morgan fingerprint density at radius 1 is 1.56 bits per heavy atom. The van der Waals surface area contributed by atoms with Crippen LogP contribution in [0.25, 0.3) is 0 Å². The summed E-state index contributed by atoms with van der Waals surface area (Å²) in [6, 6.07) is 0. The van der Waals surface area contributed by atoms with E-state index in [1.165, 1.54) is 0 Å². The van der Waals surface area contributed by atoms with Crippen LogP contribution in [0.4, 0.5) is 0 Å². The van der Waals surface area contributed by atoms with E-state index in [9.17, 15) is 0 Å². The second-order valence-electron chi connectivity index (χ2n) is 2.85. The lowest BCUT2D eigenvalue weighted by Gasteiger charge is -2.29. The van der Waals surface area contributed by atoms with Gasteiger partial charge in [-0.25, -0.2) is 0 Å². The number of aliphatic hydroxyl groups excluding tert-OH is 1. The van der Waals surface area contributed by atoms with Gasteiger partial charge in [-0.3, -0.25) is 0 Å². The molecule has 1 aliphatic rings. The molecule has 1 rings (SSSR count). The van der Waals surface area contributed by atoms with Gasteiger partial charge >= 0.3 is 0 Å². The van der Waals surface area contributed by atoms with Gasteiger partial charge in [-0.05, 0) is 19.2 Å². The summed E-state index contributed by atoms with van der Waals surface area (Å²) in [5, 5.41) is 8.98. The zero-order chi connectivity index (χ0) is 6.85. The molecule has 0 spiro atoms. The van der Waals surface area contributed by atoms with Gasteiger partial charge in [0, 0.05) is 0 Å². The quantitative estimate of drug-likeness (QED) is 0.462. The molecule has 0 aliphatic carbocycles. The van der Waals surface area contributed by atoms with E-state index in [4.69, 9.17) is 9.84 Å². The van der Waals surface area contributed by atoms with E-state index in [0.29, 0.717) is 5.82 Å². The molecule has 0 aromatic heterocycles. The summed E-state index contributed by atoms with van der Waals surface area (Å²) >= 11 is 0. The molecule has 3 heteroatoms. The second kappa shape index (κ2) is 2.71. The third-order valence-corrected chi connectivity index (χ3v) is 2.04. The van der Waals surface area contributed by atoms with Crippen molar-refractivity contribution in [2.45, 2.75) is 38.0 Å². The third kappa shape index (κ3) is 1.70. The van der Waals surface area contributed by atoms with E-state index >= 15 is 0 Å². The summed E-state index contributed by atoms with van der Waals surface area (Å²) in [4.78, 5) is 0. The van der Waals surface area contributed by atoms with Crippen molar-refractivity contribution >= 4 is 7.85 Å². The molecule has 52 valence electrons. The number of hydrogen-bond donors (Lipinski definition) is 1. The molecule has 1 fully saturated rings. The molecule has 0 radical (unpaired) electrons. The van der Waals surface area contributed by atoms with Gasteiger partial charge in [0.05, 0.1) is 6.10 Å². The summed E-state index contributed by atoms with van der Waals surface area (Å²) < 4.78 is 5.15. The van der Waals surface area contributed by atoms with Crippen LogP contribution in [0.3, 0.4) is 0 Å². The molecule has 0 saturated carbocycles. The Bertz CT molecular complexity index is 97.1. The minimum Gasteiger partial charge on any atom is -0.368 e. The lowest BCUT2D eigenvalue weighted by Crippen LogP contribution is -2.29. The highest BCUT2D eigenvalue weighted by Crippen LogP contribution is 2.25. The van der Waals surface area contributed by atoms with Crippen molar-refractivity contribution in [1.82, 2.24) is 0 Å². The Hall–Kier alpha value is -0.0151. The highest BCUT2D eigenvalue weighted by molar-refractivity contribution is 6.12. The van der Waals surface area contributed by atoms with Gasteiger partial charge in [-0.15, -0.1) is 0 Å². The van der Waals surface area contributed by atoms with Crippen molar-refractivity contribution in [3.8, 4) is 0 Å². The molecule has 0 bridgehead atoms. The first kappa shape index (κ1) is 7.10. The van der Waals surface area contributed by atoms with Crippen LogP contribution < -0.4 is 0 Å². The fourth-order valence-electron chi connectivity index (χ4n) is 1.09. The maximum atomic E-state index is 8.98. The van der Waals surface area contributed by atoms with E-state index in [1.54, 1.807) is 0 Å². The minimum atomic E-state index is -0.504. The van der Waals surface area contributed by atoms with Crippen LogP contribution in [0.15, 0.2) is 0 Å². The first-order valence-corrected chi connectivity index (χ1v) is 3.53. The summed E-state index contributed by atoms with van der Waals surface area (Å²) in [5.41, 5.74) is 0. The topological polar surface area (TPSA) is 29.5 Å². The van der Waals surface area contributed by atoms with Crippen molar-refractivity contribution < 1.29 is 9.84 Å². The Morgan fingerprint density at radius 3 is 2.67 bits per heavy atom. The van der Waals surface area contributed by atoms with Crippen LogP contribution in [0.1, 0.15) is 19.8 Å². The van der Waals surface area contributed by atoms with Gasteiger partial charge in [-0.2, -0.15) is 0 Å². The first-order valence-electron chi connectivity index (χ1n) is 3.53. The molecule has 0 aromatic carbocycles. The minimum absolute atomic E-state index is 0.230. The first-order chi connectivity index (χ1) is 4.20. The summed E-state index contributed by atoms with van der Waals surface area (Å²) in [6.45, 7) is 2.01. The maximum absolute atomic E-state index is 8.98. The third-order valence-electron chi connectivity index (χ3n) is 2.04. The van der Waals surface area contributed by atoms with Crippen LogP contribution in [-0.2, 0) is 4.74 Å². The van der Waals surface area contributed by atoms with E-state index in [2.05, 4.69) is 7.85 Å². The fourth-order valence-corrected chi connectivity index (χ4v) is 1.09. The molecular formula is C6H13BO2. The van der Waals surface area contributed by atoms with Gasteiger partial charge in [-0.1, -0.05) is 6.42 Å². The van der Waals surface area contributed by atoms with Crippen LogP contribution in [0.2, 0.25) is 5.82 Å². The lowest BCUT2D eigenvalue weighted by atomic mass is 9.78. The average molecular weight is 128 g/mol. The molecule has 3 atom stereocenters. The zero-order valence-corrected chi connectivity index (χ0v) is 6.00. The molecule has 1 N–H and O–H groups in total. The van der Waals surface area contributed by atoms with Gasteiger partial charge in [0.1, 0.15) is 7.85 Å². The number of hydrogen-bond acceptors (Lipinski definition) is 2. The van der Waals surface area contributed by atoms with Crippen LogP contribution in [0.5, 0.6) is 0 Å². The van der Waals surface area contributed by atoms with Gasteiger partial charge in [0.15, 0.2) is 6.29 Å². The highest BCUT2D eigenvalue weighted by Gasteiger charge is 2.22. The van der Waals surface area contributed by atoms with Crippen molar-refractivity contribution in [2.24, 2.45) is 0 Å². The smallest absolute Gasteiger partial charge is 0.154 e. The molecule has 0 aromatic rings. The van der Waals surface area contributed by atoms with Crippen molar-refractivity contribution in [3.63, 3.8) is 0 Å². The van der Waals surface area contributed by atoms with Crippen molar-refractivity contribution in [1.29, 1.82) is 0 Å². The predicted octanol–water partition coefficient (Wildman–Crippen LogP) is -0.0747. The largest absolute Gasteiger partial charge is 0.368 e. The summed E-state index contributed by atoms with van der Waals surface area (Å²) in [7, 11) is 2.15. The Labute approximate surface area is 56.6 Å². The van der Waals surface area contributed by atoms with Gasteiger partial charge < -0.3 is 9.84 Å². The van der Waals surface area contributed by atoms with Crippen LogP contribution in [0, 0.1) is 0 Å². The molecular weight excluding hydrogens is 115 g/mol. The van der Waals surface area contributed by atoms with E-state index < -0.39 is 6.29 Å². The normalized spacial score (nSPS) is 44.9. The predicted molar refractivity (Wildman–Crippen MR) is 38.1 cm³/mol. The Balaban J connectivity index is 2.35. The zero-order valence-electron chi connectivity index (χ0n) is 6.00.